The molecule has 3 aromatic carbocycles. The monoisotopic (exact) mass is 424 g/mol. The quantitative estimate of drug-likeness (QED) is 0.570. The topological polar surface area (TPSA) is 66.9 Å². The van der Waals surface area contributed by atoms with Crippen molar-refractivity contribution in [1.82, 2.24) is 0 Å². The molecule has 3 rings (SSSR count). The summed E-state index contributed by atoms with van der Waals surface area (Å²) in [5.74, 6) is 0.266. The van der Waals surface area contributed by atoms with Crippen molar-refractivity contribution in [2.45, 2.75) is 11.8 Å². The van der Waals surface area contributed by atoms with Gasteiger partial charge in [0.15, 0.2) is 0 Å². The number of hydrogen-bond donors (Lipinski definition) is 0. The average Bonchev–Trinajstić information content (AvgIpc) is 2.79. The van der Waals surface area contributed by atoms with Crippen LogP contribution in [0.5, 0.6) is 5.75 Å². The first-order chi connectivity index (χ1) is 14.4. The third kappa shape index (κ3) is 4.16. The molecule has 0 N–H and O–H groups in total. The van der Waals surface area contributed by atoms with Crippen molar-refractivity contribution in [3.8, 4) is 5.75 Å². The third-order valence-electron chi connectivity index (χ3n) is 4.81. The summed E-state index contributed by atoms with van der Waals surface area (Å²) in [6.45, 7) is 2.39. The Kier molecular flexibility index (Phi) is 6.42. The van der Waals surface area contributed by atoms with Gasteiger partial charge in [-0.25, -0.2) is 8.42 Å². The number of amides is 1. The van der Waals surface area contributed by atoms with Gasteiger partial charge in [0.05, 0.1) is 17.7 Å². The number of ether oxygens (including phenoxy) is 1. The van der Waals surface area contributed by atoms with Crippen LogP contribution in [0.4, 0.5) is 11.4 Å². The van der Waals surface area contributed by atoms with Gasteiger partial charge in [-0.2, -0.15) is 0 Å². The van der Waals surface area contributed by atoms with Crippen LogP contribution in [0, 0.1) is 0 Å². The van der Waals surface area contributed by atoms with Gasteiger partial charge in [-0.15, -0.1) is 0 Å². The summed E-state index contributed by atoms with van der Waals surface area (Å²) in [6, 6.07) is 22.2. The minimum absolute atomic E-state index is 0.0928. The summed E-state index contributed by atoms with van der Waals surface area (Å²) in [4.78, 5) is 14.7. The van der Waals surface area contributed by atoms with Crippen LogP contribution in [-0.2, 0) is 10.0 Å². The van der Waals surface area contributed by atoms with Gasteiger partial charge >= 0.3 is 0 Å². The second-order valence-corrected chi connectivity index (χ2v) is 8.52. The van der Waals surface area contributed by atoms with Gasteiger partial charge in [-0.3, -0.25) is 9.10 Å². The lowest BCUT2D eigenvalue weighted by Gasteiger charge is -2.22. The Morgan fingerprint density at radius 1 is 0.900 bits per heavy atom. The largest absolute Gasteiger partial charge is 0.495 e. The Bertz CT molecular complexity index is 1110. The summed E-state index contributed by atoms with van der Waals surface area (Å²) in [5.41, 5.74) is 1.64. The number of methoxy groups -OCH3 is 1. The molecule has 0 heterocycles. The van der Waals surface area contributed by atoms with E-state index in [2.05, 4.69) is 0 Å². The lowest BCUT2D eigenvalue weighted by atomic mass is 10.2. The van der Waals surface area contributed by atoms with Gasteiger partial charge in [-0.05, 0) is 55.5 Å². The van der Waals surface area contributed by atoms with E-state index in [1.807, 2.05) is 37.3 Å². The van der Waals surface area contributed by atoms with Gasteiger partial charge in [0, 0.05) is 24.8 Å². The molecule has 0 saturated carbocycles. The fourth-order valence-corrected chi connectivity index (χ4v) is 4.36. The van der Waals surface area contributed by atoms with Crippen LogP contribution in [0.25, 0.3) is 0 Å². The third-order valence-corrected chi connectivity index (χ3v) is 6.60. The first-order valence-corrected chi connectivity index (χ1v) is 10.9. The average molecular weight is 425 g/mol. The number of anilines is 2. The number of benzene rings is 3. The summed E-state index contributed by atoms with van der Waals surface area (Å²) in [6.07, 6.45) is 0. The Balaban J connectivity index is 1.88. The summed E-state index contributed by atoms with van der Waals surface area (Å²) in [5, 5.41) is 0. The van der Waals surface area contributed by atoms with Gasteiger partial charge < -0.3 is 9.64 Å². The van der Waals surface area contributed by atoms with Crippen LogP contribution in [0.1, 0.15) is 17.3 Å². The lowest BCUT2D eigenvalue weighted by Crippen LogP contribution is -2.30. The van der Waals surface area contributed by atoms with Crippen molar-refractivity contribution in [2.75, 3.05) is 29.9 Å². The Morgan fingerprint density at radius 2 is 1.50 bits per heavy atom. The van der Waals surface area contributed by atoms with Crippen LogP contribution in [0.3, 0.4) is 0 Å². The van der Waals surface area contributed by atoms with E-state index in [0.717, 1.165) is 5.69 Å². The second-order valence-electron chi connectivity index (χ2n) is 6.55. The maximum atomic E-state index is 13.1. The molecule has 0 aliphatic rings. The Morgan fingerprint density at radius 3 is 2.10 bits per heavy atom. The van der Waals surface area contributed by atoms with Crippen molar-refractivity contribution in [2.24, 2.45) is 0 Å². The maximum Gasteiger partial charge on any atom is 0.264 e. The summed E-state index contributed by atoms with van der Waals surface area (Å²) in [7, 11) is -0.852. The molecule has 0 saturated heterocycles. The number of nitrogens with zero attached hydrogens (tertiary/aromatic N) is 2. The highest BCUT2D eigenvalue weighted by Gasteiger charge is 2.24. The van der Waals surface area contributed by atoms with Crippen molar-refractivity contribution in [3.63, 3.8) is 0 Å². The zero-order valence-electron chi connectivity index (χ0n) is 17.1. The molecule has 0 aliphatic heterocycles. The Hall–Kier alpha value is -3.32. The second kappa shape index (κ2) is 9.00. The van der Waals surface area contributed by atoms with Gasteiger partial charge in [0.25, 0.3) is 15.9 Å². The molecule has 0 fully saturated rings. The molecule has 0 radical (unpaired) electrons. The van der Waals surface area contributed by atoms with E-state index in [1.54, 1.807) is 29.2 Å². The number of sulfonamides is 1. The number of carbonyl (C=O) groups excluding carboxylic acids is 1. The fourth-order valence-electron chi connectivity index (χ4n) is 3.15. The van der Waals surface area contributed by atoms with Crippen LogP contribution in [0.2, 0.25) is 0 Å². The maximum absolute atomic E-state index is 13.1. The van der Waals surface area contributed by atoms with E-state index < -0.39 is 10.0 Å². The molecular weight excluding hydrogens is 400 g/mol. The van der Waals surface area contributed by atoms with E-state index >= 15 is 0 Å². The molecule has 0 bridgehead atoms. The minimum atomic E-state index is -3.82. The smallest absolute Gasteiger partial charge is 0.264 e. The van der Waals surface area contributed by atoms with E-state index in [1.165, 1.54) is 42.7 Å². The predicted octanol–water partition coefficient (Wildman–Crippen LogP) is 4.19. The summed E-state index contributed by atoms with van der Waals surface area (Å²) >= 11 is 0. The number of carbonyl (C=O) groups is 1. The first kappa shape index (κ1) is 21.4. The Labute approximate surface area is 177 Å². The van der Waals surface area contributed by atoms with Crippen LogP contribution in [0.15, 0.2) is 83.8 Å². The highest BCUT2D eigenvalue weighted by Crippen LogP contribution is 2.31. The predicted molar refractivity (Wildman–Crippen MR) is 119 cm³/mol. The van der Waals surface area contributed by atoms with Crippen molar-refractivity contribution >= 4 is 27.3 Å². The van der Waals surface area contributed by atoms with Crippen LogP contribution >= 0.6 is 0 Å². The molecule has 7 heteroatoms. The molecular formula is C23H24N2O4S. The van der Waals surface area contributed by atoms with E-state index in [0.29, 0.717) is 23.5 Å². The zero-order chi connectivity index (χ0) is 21.7. The van der Waals surface area contributed by atoms with Gasteiger partial charge in [0.1, 0.15) is 5.75 Å². The van der Waals surface area contributed by atoms with Crippen molar-refractivity contribution in [3.05, 3.63) is 84.4 Å². The SMILES string of the molecule is CCN(C(=O)c1ccc(S(=O)(=O)N(C)c2ccccc2OC)cc1)c1ccccc1. The molecule has 0 spiro atoms. The first-order valence-electron chi connectivity index (χ1n) is 9.49. The number of rotatable bonds is 7. The standard InChI is InChI=1S/C23H24N2O4S/c1-4-25(19-10-6-5-7-11-19)23(26)18-14-16-20(17-15-18)30(27,28)24(2)21-12-8-9-13-22(21)29-3/h5-17H,4H2,1-3H3. The number of hydrogen-bond acceptors (Lipinski definition) is 4. The molecule has 3 aromatic rings. The lowest BCUT2D eigenvalue weighted by molar-refractivity contribution is 0.0988. The zero-order valence-corrected chi connectivity index (χ0v) is 18.0. The molecule has 156 valence electrons. The fraction of sp³-hybridized carbons (Fsp3) is 0.174. The molecule has 0 aliphatic carbocycles. The summed E-state index contributed by atoms with van der Waals surface area (Å²) < 4.78 is 32.6. The molecule has 0 unspecified atom stereocenters. The van der Waals surface area contributed by atoms with Crippen LogP contribution in [-0.4, -0.2) is 35.0 Å². The van der Waals surface area contributed by atoms with Crippen LogP contribution < -0.4 is 13.9 Å². The van der Waals surface area contributed by atoms with E-state index in [-0.39, 0.29) is 10.8 Å². The molecule has 0 aromatic heterocycles. The van der Waals surface area contributed by atoms with Crippen molar-refractivity contribution < 1.29 is 17.9 Å². The molecule has 30 heavy (non-hydrogen) atoms. The molecule has 1 amide bonds. The highest BCUT2D eigenvalue weighted by molar-refractivity contribution is 7.92. The molecule has 6 nitrogen and oxygen atoms in total. The van der Waals surface area contributed by atoms with E-state index in [4.69, 9.17) is 4.74 Å². The minimum Gasteiger partial charge on any atom is -0.495 e. The van der Waals surface area contributed by atoms with Crippen molar-refractivity contribution in [1.29, 1.82) is 0 Å². The van der Waals surface area contributed by atoms with Gasteiger partial charge in [-0.1, -0.05) is 30.3 Å². The van der Waals surface area contributed by atoms with E-state index in [9.17, 15) is 13.2 Å². The van der Waals surface area contributed by atoms with Gasteiger partial charge in [0.2, 0.25) is 0 Å². The molecule has 0 atom stereocenters. The number of para-hydroxylation sites is 3. The normalized spacial score (nSPS) is 11.0. The highest BCUT2D eigenvalue weighted by atomic mass is 32.2.